The molecule has 0 fully saturated rings. The van der Waals surface area contributed by atoms with E-state index in [2.05, 4.69) is 6.58 Å². The third kappa shape index (κ3) is 4.43. The van der Waals surface area contributed by atoms with Crippen molar-refractivity contribution < 1.29 is 14.8 Å². The van der Waals surface area contributed by atoms with Crippen molar-refractivity contribution in [2.75, 3.05) is 25.4 Å². The lowest BCUT2D eigenvalue weighted by molar-refractivity contribution is -0.384. The van der Waals surface area contributed by atoms with Crippen molar-refractivity contribution in [3.05, 3.63) is 41.1 Å². The van der Waals surface area contributed by atoms with Crippen LogP contribution in [-0.4, -0.2) is 40.7 Å². The first-order valence-corrected chi connectivity index (χ1v) is 6.19. The third-order valence-electron chi connectivity index (χ3n) is 2.75. The molecule has 7 heteroatoms. The van der Waals surface area contributed by atoms with E-state index < -0.39 is 11.0 Å². The summed E-state index contributed by atoms with van der Waals surface area (Å²) < 4.78 is 5.34. The highest BCUT2D eigenvalue weighted by Crippen LogP contribution is 2.26. The molecule has 1 rings (SSSR count). The van der Waals surface area contributed by atoms with Crippen LogP contribution in [0.15, 0.2) is 31.0 Å². The van der Waals surface area contributed by atoms with Crippen LogP contribution in [0.3, 0.4) is 0 Å². The number of hydrogen-bond donors (Lipinski definition) is 2. The molecule has 0 aliphatic rings. The van der Waals surface area contributed by atoms with Crippen molar-refractivity contribution in [2.24, 2.45) is 0 Å². The monoisotopic (exact) mass is 281 g/mol. The smallest absolute Gasteiger partial charge is 0.273 e. The Balaban J connectivity index is 2.62. The highest BCUT2D eigenvalue weighted by molar-refractivity contribution is 5.57. The van der Waals surface area contributed by atoms with E-state index in [1.807, 2.05) is 11.8 Å². The van der Waals surface area contributed by atoms with E-state index in [0.717, 1.165) is 6.54 Å². The zero-order chi connectivity index (χ0) is 15.1. The van der Waals surface area contributed by atoms with Gasteiger partial charge in [-0.05, 0) is 19.2 Å². The lowest BCUT2D eigenvalue weighted by Gasteiger charge is -2.21. The first kappa shape index (κ1) is 15.8. The number of nitro benzene ring substituents is 1. The average molecular weight is 281 g/mol. The SMILES string of the molecule is C=CN(CC)CC(O)COc1cc([N+](=O)[O-])ccc1N. The van der Waals surface area contributed by atoms with E-state index in [9.17, 15) is 15.2 Å². The van der Waals surface area contributed by atoms with Gasteiger partial charge in [0, 0.05) is 19.2 Å². The molecule has 7 nitrogen and oxygen atoms in total. The summed E-state index contributed by atoms with van der Waals surface area (Å²) in [5.41, 5.74) is 5.86. The lowest BCUT2D eigenvalue weighted by Crippen LogP contribution is -2.32. The number of anilines is 1. The fourth-order valence-electron chi connectivity index (χ4n) is 1.60. The number of aliphatic hydroxyl groups is 1. The number of ether oxygens (including phenoxy) is 1. The topological polar surface area (TPSA) is 102 Å². The largest absolute Gasteiger partial charge is 0.488 e. The fraction of sp³-hybridized carbons (Fsp3) is 0.385. The fourth-order valence-corrected chi connectivity index (χ4v) is 1.60. The highest BCUT2D eigenvalue weighted by Gasteiger charge is 2.13. The van der Waals surface area contributed by atoms with Crippen molar-refractivity contribution in [2.45, 2.75) is 13.0 Å². The van der Waals surface area contributed by atoms with Gasteiger partial charge in [0.1, 0.15) is 18.5 Å². The van der Waals surface area contributed by atoms with Crippen LogP contribution in [0.4, 0.5) is 11.4 Å². The van der Waals surface area contributed by atoms with Gasteiger partial charge in [-0.1, -0.05) is 6.58 Å². The van der Waals surface area contributed by atoms with Gasteiger partial charge < -0.3 is 20.5 Å². The molecule has 1 atom stereocenters. The number of benzene rings is 1. The molecule has 0 saturated heterocycles. The van der Waals surface area contributed by atoms with Gasteiger partial charge in [-0.25, -0.2) is 0 Å². The minimum Gasteiger partial charge on any atom is -0.488 e. The van der Waals surface area contributed by atoms with Crippen molar-refractivity contribution in [3.63, 3.8) is 0 Å². The third-order valence-corrected chi connectivity index (χ3v) is 2.75. The Kier molecular flexibility index (Phi) is 5.79. The number of nitrogen functional groups attached to an aromatic ring is 1. The van der Waals surface area contributed by atoms with Crippen molar-refractivity contribution >= 4 is 11.4 Å². The van der Waals surface area contributed by atoms with Crippen LogP contribution in [0.25, 0.3) is 0 Å². The molecule has 1 aromatic rings. The van der Waals surface area contributed by atoms with E-state index in [1.54, 1.807) is 6.20 Å². The number of likely N-dealkylation sites (N-methyl/N-ethyl adjacent to an activating group) is 1. The normalized spacial score (nSPS) is 11.7. The minimum atomic E-state index is -0.744. The quantitative estimate of drug-likeness (QED) is 0.424. The molecule has 0 spiro atoms. The molecule has 0 heterocycles. The second-order valence-corrected chi connectivity index (χ2v) is 4.21. The summed E-state index contributed by atoms with van der Waals surface area (Å²) in [6.07, 6.45) is 0.886. The summed E-state index contributed by atoms with van der Waals surface area (Å²) in [7, 11) is 0. The van der Waals surface area contributed by atoms with Gasteiger partial charge in [0.05, 0.1) is 16.7 Å². The first-order chi connectivity index (χ1) is 9.47. The van der Waals surface area contributed by atoms with E-state index in [4.69, 9.17) is 10.5 Å². The molecule has 0 radical (unpaired) electrons. The molecular formula is C13H19N3O4. The van der Waals surface area contributed by atoms with Gasteiger partial charge in [-0.15, -0.1) is 0 Å². The number of rotatable bonds is 8. The van der Waals surface area contributed by atoms with Gasteiger partial charge in [0.25, 0.3) is 5.69 Å². The average Bonchev–Trinajstić information content (AvgIpc) is 2.43. The molecule has 20 heavy (non-hydrogen) atoms. The molecule has 3 N–H and O–H groups in total. The van der Waals surface area contributed by atoms with Crippen molar-refractivity contribution in [1.82, 2.24) is 4.90 Å². The van der Waals surface area contributed by atoms with E-state index >= 15 is 0 Å². The Morgan fingerprint density at radius 1 is 1.65 bits per heavy atom. The summed E-state index contributed by atoms with van der Waals surface area (Å²) in [5, 5.41) is 20.5. The Hall–Kier alpha value is -2.28. The van der Waals surface area contributed by atoms with Gasteiger partial charge in [0.2, 0.25) is 0 Å². The van der Waals surface area contributed by atoms with Crippen LogP contribution < -0.4 is 10.5 Å². The number of nitrogens with two attached hydrogens (primary N) is 1. The molecule has 0 amide bonds. The van der Waals surface area contributed by atoms with Gasteiger partial charge in [-0.3, -0.25) is 10.1 Å². The summed E-state index contributed by atoms with van der Waals surface area (Å²) in [4.78, 5) is 12.0. The Morgan fingerprint density at radius 2 is 2.35 bits per heavy atom. The molecule has 0 aliphatic heterocycles. The van der Waals surface area contributed by atoms with Gasteiger partial charge >= 0.3 is 0 Å². The number of aliphatic hydroxyl groups excluding tert-OH is 1. The van der Waals surface area contributed by atoms with Gasteiger partial charge in [0.15, 0.2) is 0 Å². The second-order valence-electron chi connectivity index (χ2n) is 4.21. The van der Waals surface area contributed by atoms with Crippen LogP contribution in [0, 0.1) is 10.1 Å². The van der Waals surface area contributed by atoms with E-state index in [1.165, 1.54) is 18.2 Å². The predicted octanol–water partition coefficient (Wildman–Crippen LogP) is 1.38. The van der Waals surface area contributed by atoms with Crippen molar-refractivity contribution in [1.29, 1.82) is 0 Å². The standard InChI is InChI=1S/C13H19N3O4/c1-3-15(4-2)8-11(17)9-20-13-7-10(16(18)19)5-6-12(13)14/h3,5-7,11,17H,1,4,8-9,14H2,2H3. The van der Waals surface area contributed by atoms with Crippen LogP contribution in [0.2, 0.25) is 0 Å². The predicted molar refractivity (Wildman–Crippen MR) is 76.5 cm³/mol. The maximum atomic E-state index is 10.7. The van der Waals surface area contributed by atoms with Crippen LogP contribution in [-0.2, 0) is 0 Å². The Morgan fingerprint density at radius 3 is 2.90 bits per heavy atom. The Labute approximate surface area is 117 Å². The molecule has 0 bridgehead atoms. The minimum absolute atomic E-state index is 0.00426. The van der Waals surface area contributed by atoms with Crippen molar-refractivity contribution in [3.8, 4) is 5.75 Å². The number of non-ortho nitro benzene ring substituents is 1. The van der Waals surface area contributed by atoms with Crippen LogP contribution >= 0.6 is 0 Å². The number of nitro groups is 1. The molecule has 1 aromatic carbocycles. The van der Waals surface area contributed by atoms with Crippen LogP contribution in [0.5, 0.6) is 5.75 Å². The second kappa shape index (κ2) is 7.34. The summed E-state index contributed by atoms with van der Waals surface area (Å²) >= 11 is 0. The highest BCUT2D eigenvalue weighted by atomic mass is 16.6. The molecule has 1 unspecified atom stereocenters. The zero-order valence-corrected chi connectivity index (χ0v) is 11.4. The lowest BCUT2D eigenvalue weighted by atomic mass is 10.2. The molecule has 110 valence electrons. The summed E-state index contributed by atoms with van der Waals surface area (Å²) in [6.45, 7) is 6.65. The maximum absolute atomic E-state index is 10.7. The molecular weight excluding hydrogens is 262 g/mol. The zero-order valence-electron chi connectivity index (χ0n) is 11.4. The van der Waals surface area contributed by atoms with E-state index in [0.29, 0.717) is 12.2 Å². The molecule has 0 saturated carbocycles. The number of nitrogens with zero attached hydrogens (tertiary/aromatic N) is 2. The van der Waals surface area contributed by atoms with Gasteiger partial charge in [-0.2, -0.15) is 0 Å². The molecule has 0 aromatic heterocycles. The van der Waals surface area contributed by atoms with E-state index in [-0.39, 0.29) is 18.0 Å². The molecule has 0 aliphatic carbocycles. The maximum Gasteiger partial charge on any atom is 0.273 e. The first-order valence-electron chi connectivity index (χ1n) is 6.19. The number of hydrogen-bond acceptors (Lipinski definition) is 6. The summed E-state index contributed by atoms with van der Waals surface area (Å²) in [5.74, 6) is 0.194. The Bertz CT molecular complexity index is 479. The summed E-state index contributed by atoms with van der Waals surface area (Å²) in [6, 6.07) is 3.95. The van der Waals surface area contributed by atoms with Crippen LogP contribution in [0.1, 0.15) is 6.92 Å².